The lowest BCUT2D eigenvalue weighted by molar-refractivity contribution is -0.121. The summed E-state index contributed by atoms with van der Waals surface area (Å²) in [5, 5.41) is 3.31. The van der Waals surface area contributed by atoms with Crippen LogP contribution < -0.4 is 5.32 Å². The average molecular weight is 187 g/mol. The normalized spacial score (nSPS) is 13.4. The van der Waals surface area contributed by atoms with Gasteiger partial charge in [-0.2, -0.15) is 0 Å². The Morgan fingerprint density at radius 1 is 1.00 bits per heavy atom. The predicted molar refractivity (Wildman–Crippen MR) is 58.1 cm³/mol. The molecule has 80 valence electrons. The van der Waals surface area contributed by atoms with E-state index in [-0.39, 0.29) is 11.2 Å². The van der Waals surface area contributed by atoms with Crippen LogP contribution in [0.4, 0.5) is 0 Å². The Hall–Kier alpha value is -0.0800. The summed E-state index contributed by atoms with van der Waals surface area (Å²) in [5.41, 5.74) is -0.0888. The lowest BCUT2D eigenvalue weighted by Gasteiger charge is -2.35. The Morgan fingerprint density at radius 3 is 1.92 bits per heavy atom. The van der Waals surface area contributed by atoms with E-state index in [9.17, 15) is 0 Å². The van der Waals surface area contributed by atoms with Crippen LogP contribution in [0.15, 0.2) is 0 Å². The van der Waals surface area contributed by atoms with Crippen LogP contribution in [0.25, 0.3) is 0 Å². The van der Waals surface area contributed by atoms with Gasteiger partial charge in [0, 0.05) is 6.54 Å². The molecule has 0 rings (SSSR count). The fraction of sp³-hybridized carbons (Fsp3) is 1.00. The first kappa shape index (κ1) is 12.9. The second kappa shape index (κ2) is 4.97. The van der Waals surface area contributed by atoms with Crippen LogP contribution >= 0.6 is 0 Å². The van der Waals surface area contributed by atoms with Gasteiger partial charge in [0.25, 0.3) is 0 Å². The summed E-state index contributed by atoms with van der Waals surface area (Å²) in [6.07, 6.45) is 1.04. The van der Waals surface area contributed by atoms with Gasteiger partial charge in [0.05, 0.1) is 11.2 Å². The third kappa shape index (κ3) is 6.05. The summed E-state index contributed by atoms with van der Waals surface area (Å²) in [5.74, 6) is 0. The largest absolute Gasteiger partial charge is 0.368 e. The molecule has 0 aliphatic heterocycles. The van der Waals surface area contributed by atoms with E-state index >= 15 is 0 Å². The first-order chi connectivity index (χ1) is 5.83. The number of rotatable bonds is 6. The van der Waals surface area contributed by atoms with Crippen LogP contribution in [0.2, 0.25) is 0 Å². The molecule has 13 heavy (non-hydrogen) atoms. The lowest BCUT2D eigenvalue weighted by Crippen LogP contribution is -2.43. The topological polar surface area (TPSA) is 21.3 Å². The van der Waals surface area contributed by atoms with Gasteiger partial charge in [-0.3, -0.25) is 0 Å². The molecule has 0 aromatic carbocycles. The Labute approximate surface area is 83.1 Å². The molecule has 0 saturated carbocycles. The number of hydrogen-bond acceptors (Lipinski definition) is 2. The van der Waals surface area contributed by atoms with Gasteiger partial charge in [0.2, 0.25) is 0 Å². The Balaban J connectivity index is 4.00. The summed E-state index contributed by atoms with van der Waals surface area (Å²) in [7, 11) is 0. The molecular weight excluding hydrogens is 162 g/mol. The maximum Gasteiger partial charge on any atom is 0.0757 e. The average Bonchev–Trinajstić information content (AvgIpc) is 1.99. The molecule has 0 radical (unpaired) electrons. The monoisotopic (exact) mass is 187 g/mol. The van der Waals surface area contributed by atoms with Crippen LogP contribution in [0.1, 0.15) is 48.0 Å². The van der Waals surface area contributed by atoms with Crippen LogP contribution in [-0.2, 0) is 4.74 Å². The Bertz CT molecular complexity index is 141. The molecule has 2 heteroatoms. The van der Waals surface area contributed by atoms with Gasteiger partial charge in [-0.05, 0) is 40.7 Å². The molecule has 0 aromatic heterocycles. The zero-order valence-corrected chi connectivity index (χ0v) is 10.0. The van der Waals surface area contributed by atoms with Crippen molar-refractivity contribution in [3.63, 3.8) is 0 Å². The highest BCUT2D eigenvalue weighted by molar-refractivity contribution is 4.78. The molecule has 0 saturated heterocycles. The summed E-state index contributed by atoms with van der Waals surface area (Å²) >= 11 is 0. The van der Waals surface area contributed by atoms with E-state index in [1.165, 1.54) is 0 Å². The summed E-state index contributed by atoms with van der Waals surface area (Å²) in [6, 6.07) is 0. The third-order valence-electron chi connectivity index (χ3n) is 2.20. The van der Waals surface area contributed by atoms with Crippen molar-refractivity contribution in [3.05, 3.63) is 0 Å². The molecule has 0 bridgehead atoms. The van der Waals surface area contributed by atoms with Crippen molar-refractivity contribution >= 4 is 0 Å². The summed E-state index contributed by atoms with van der Waals surface area (Å²) in [6.45, 7) is 14.7. The fourth-order valence-electron chi connectivity index (χ4n) is 1.28. The van der Waals surface area contributed by atoms with E-state index in [2.05, 4.69) is 46.9 Å². The minimum atomic E-state index is -0.0739. The maximum absolute atomic E-state index is 6.01. The van der Waals surface area contributed by atoms with E-state index in [0.717, 1.165) is 19.5 Å². The molecular formula is C11H25NO. The maximum atomic E-state index is 6.01. The van der Waals surface area contributed by atoms with Gasteiger partial charge in [0.15, 0.2) is 0 Å². The minimum Gasteiger partial charge on any atom is -0.368 e. The Morgan fingerprint density at radius 2 is 1.54 bits per heavy atom. The van der Waals surface area contributed by atoms with Crippen molar-refractivity contribution in [1.29, 1.82) is 0 Å². The second-order valence-corrected chi connectivity index (χ2v) is 4.76. The minimum absolute atomic E-state index is 0.0150. The van der Waals surface area contributed by atoms with E-state index in [0.29, 0.717) is 0 Å². The molecule has 0 unspecified atom stereocenters. The van der Waals surface area contributed by atoms with Crippen molar-refractivity contribution in [2.75, 3.05) is 13.1 Å². The van der Waals surface area contributed by atoms with Gasteiger partial charge in [-0.25, -0.2) is 0 Å². The van der Waals surface area contributed by atoms with E-state index in [1.807, 2.05) is 0 Å². The van der Waals surface area contributed by atoms with E-state index in [4.69, 9.17) is 4.74 Å². The van der Waals surface area contributed by atoms with E-state index in [1.54, 1.807) is 0 Å². The van der Waals surface area contributed by atoms with Crippen molar-refractivity contribution in [3.8, 4) is 0 Å². The zero-order chi connectivity index (χ0) is 10.5. The summed E-state index contributed by atoms with van der Waals surface area (Å²) < 4.78 is 6.01. The van der Waals surface area contributed by atoms with Crippen molar-refractivity contribution in [2.45, 2.75) is 59.2 Å². The first-order valence-electron chi connectivity index (χ1n) is 5.24. The van der Waals surface area contributed by atoms with Crippen LogP contribution in [0.5, 0.6) is 0 Å². The molecule has 0 fully saturated rings. The molecule has 0 spiro atoms. The molecule has 0 aliphatic carbocycles. The highest BCUT2D eigenvalue weighted by atomic mass is 16.5. The zero-order valence-electron chi connectivity index (χ0n) is 10.0. The molecule has 0 heterocycles. The number of ether oxygens (including phenoxy) is 1. The lowest BCUT2D eigenvalue weighted by atomic mass is 10.0. The van der Waals surface area contributed by atoms with Crippen molar-refractivity contribution in [1.82, 2.24) is 5.32 Å². The second-order valence-electron chi connectivity index (χ2n) is 4.76. The van der Waals surface area contributed by atoms with Crippen molar-refractivity contribution in [2.24, 2.45) is 0 Å². The van der Waals surface area contributed by atoms with Gasteiger partial charge < -0.3 is 10.1 Å². The van der Waals surface area contributed by atoms with E-state index < -0.39 is 0 Å². The Kier molecular flexibility index (Phi) is 4.93. The molecule has 0 amide bonds. The first-order valence-corrected chi connectivity index (χ1v) is 5.24. The van der Waals surface area contributed by atoms with Crippen LogP contribution in [0, 0.1) is 0 Å². The van der Waals surface area contributed by atoms with Gasteiger partial charge >= 0.3 is 0 Å². The smallest absolute Gasteiger partial charge is 0.0757 e. The highest BCUT2D eigenvalue weighted by Gasteiger charge is 2.27. The molecule has 0 atom stereocenters. The van der Waals surface area contributed by atoms with Crippen LogP contribution in [0.3, 0.4) is 0 Å². The SMILES string of the molecule is CCNCC(C)(C)OC(C)(C)CC. The molecule has 0 aromatic rings. The molecule has 2 nitrogen and oxygen atoms in total. The standard InChI is InChI=1S/C11H25NO/c1-7-10(3,4)13-11(5,6)9-12-8-2/h12H,7-9H2,1-6H3. The summed E-state index contributed by atoms with van der Waals surface area (Å²) in [4.78, 5) is 0. The number of hydrogen-bond donors (Lipinski definition) is 1. The van der Waals surface area contributed by atoms with Gasteiger partial charge in [-0.1, -0.05) is 13.8 Å². The molecule has 1 N–H and O–H groups in total. The number of nitrogens with one attached hydrogen (secondary N) is 1. The quantitative estimate of drug-likeness (QED) is 0.690. The molecule has 0 aliphatic rings. The number of likely N-dealkylation sites (N-methyl/N-ethyl adjacent to an activating group) is 1. The fourth-order valence-corrected chi connectivity index (χ4v) is 1.28. The van der Waals surface area contributed by atoms with Crippen molar-refractivity contribution < 1.29 is 4.74 Å². The van der Waals surface area contributed by atoms with Crippen LogP contribution in [-0.4, -0.2) is 24.3 Å². The highest BCUT2D eigenvalue weighted by Crippen LogP contribution is 2.22. The van der Waals surface area contributed by atoms with Gasteiger partial charge in [-0.15, -0.1) is 0 Å². The van der Waals surface area contributed by atoms with Gasteiger partial charge in [0.1, 0.15) is 0 Å². The third-order valence-corrected chi connectivity index (χ3v) is 2.20. The predicted octanol–water partition coefficient (Wildman–Crippen LogP) is 2.58.